The summed E-state index contributed by atoms with van der Waals surface area (Å²) in [6, 6.07) is 14.3. The molecule has 0 saturated heterocycles. The van der Waals surface area contributed by atoms with E-state index in [1.165, 1.54) is 23.1 Å². The Morgan fingerprint density at radius 1 is 1.13 bits per heavy atom. The Hall–Kier alpha value is -3.30. The Morgan fingerprint density at radius 3 is 2.68 bits per heavy atom. The summed E-state index contributed by atoms with van der Waals surface area (Å²) in [7, 11) is 1.56. The third-order valence-electron chi connectivity index (χ3n) is 6.33. The highest BCUT2D eigenvalue weighted by atomic mass is 32.2. The molecule has 0 aliphatic heterocycles. The largest absolute Gasteiger partial charge is 0.497 e. The van der Waals surface area contributed by atoms with Gasteiger partial charge in [-0.1, -0.05) is 19.1 Å². The lowest BCUT2D eigenvalue weighted by Gasteiger charge is -2.18. The first-order valence-electron chi connectivity index (χ1n) is 12.6. The second-order valence-corrected chi connectivity index (χ2v) is 11.8. The zero-order chi connectivity index (χ0) is 27.2. The summed E-state index contributed by atoms with van der Waals surface area (Å²) in [5, 5.41) is 6.03. The minimum absolute atomic E-state index is 0.196. The Kier molecular flexibility index (Phi) is 9.12. The molecular formula is C29H32N2O5S2. The van der Waals surface area contributed by atoms with Crippen LogP contribution in [0.4, 0.5) is 10.7 Å². The van der Waals surface area contributed by atoms with Crippen LogP contribution in [0.3, 0.4) is 0 Å². The fourth-order valence-electron chi connectivity index (χ4n) is 4.34. The SMILES string of the molecule is CCOC(=O)c1c(NC(=O)C(C)Sc2cccc(NC(=O)c3cccc(OC)c3)c2)sc2c1CCC(C)C2. The van der Waals surface area contributed by atoms with Crippen molar-refractivity contribution >= 4 is 51.6 Å². The molecule has 2 N–H and O–H groups in total. The third-order valence-corrected chi connectivity index (χ3v) is 8.60. The van der Waals surface area contributed by atoms with E-state index in [1.54, 1.807) is 44.4 Å². The van der Waals surface area contributed by atoms with Gasteiger partial charge in [0.05, 0.1) is 24.5 Å². The van der Waals surface area contributed by atoms with Gasteiger partial charge in [0.1, 0.15) is 10.8 Å². The van der Waals surface area contributed by atoms with Crippen LogP contribution in [0.1, 0.15) is 58.3 Å². The molecule has 1 heterocycles. The molecule has 7 nitrogen and oxygen atoms in total. The number of thiophene rings is 1. The van der Waals surface area contributed by atoms with Crippen molar-refractivity contribution in [2.24, 2.45) is 5.92 Å². The van der Waals surface area contributed by atoms with Gasteiger partial charge in [-0.2, -0.15) is 0 Å². The summed E-state index contributed by atoms with van der Waals surface area (Å²) in [5.74, 6) is 0.326. The molecule has 1 aliphatic rings. The molecular weight excluding hydrogens is 520 g/mol. The number of thioether (sulfide) groups is 1. The number of hydrogen-bond acceptors (Lipinski definition) is 7. The number of esters is 1. The maximum Gasteiger partial charge on any atom is 0.341 e. The predicted octanol–water partition coefficient (Wildman–Crippen LogP) is 6.43. The van der Waals surface area contributed by atoms with Gasteiger partial charge in [0.15, 0.2) is 0 Å². The molecule has 2 amide bonds. The Morgan fingerprint density at radius 2 is 1.92 bits per heavy atom. The van der Waals surface area contributed by atoms with Crippen LogP contribution in [0.5, 0.6) is 5.75 Å². The minimum atomic E-state index is -0.438. The van der Waals surface area contributed by atoms with Crippen LogP contribution in [0, 0.1) is 5.92 Å². The average molecular weight is 553 g/mol. The molecule has 1 aliphatic carbocycles. The molecule has 0 bridgehead atoms. The van der Waals surface area contributed by atoms with Gasteiger partial charge in [0, 0.05) is 21.0 Å². The first-order valence-corrected chi connectivity index (χ1v) is 14.3. The number of hydrogen-bond donors (Lipinski definition) is 2. The summed E-state index contributed by atoms with van der Waals surface area (Å²) >= 11 is 2.86. The van der Waals surface area contributed by atoms with Crippen LogP contribution in [0.25, 0.3) is 0 Å². The maximum absolute atomic E-state index is 13.2. The Labute approximate surface area is 231 Å². The summed E-state index contributed by atoms with van der Waals surface area (Å²) < 4.78 is 10.5. The van der Waals surface area contributed by atoms with Crippen molar-refractivity contribution in [3.63, 3.8) is 0 Å². The van der Waals surface area contributed by atoms with E-state index in [4.69, 9.17) is 9.47 Å². The van der Waals surface area contributed by atoms with E-state index in [9.17, 15) is 14.4 Å². The number of ether oxygens (including phenoxy) is 2. The van der Waals surface area contributed by atoms with Gasteiger partial charge in [0.2, 0.25) is 5.91 Å². The monoisotopic (exact) mass is 552 g/mol. The molecule has 0 saturated carbocycles. The summed E-state index contributed by atoms with van der Waals surface area (Å²) in [6.45, 7) is 6.09. The summed E-state index contributed by atoms with van der Waals surface area (Å²) in [5.41, 5.74) is 2.63. The normalized spacial score (nSPS) is 15.2. The molecule has 38 heavy (non-hydrogen) atoms. The second kappa shape index (κ2) is 12.5. The van der Waals surface area contributed by atoms with Crippen molar-refractivity contribution < 1.29 is 23.9 Å². The predicted molar refractivity (Wildman–Crippen MR) is 153 cm³/mol. The van der Waals surface area contributed by atoms with E-state index in [2.05, 4.69) is 17.6 Å². The van der Waals surface area contributed by atoms with Crippen LogP contribution in [-0.2, 0) is 22.4 Å². The Balaban J connectivity index is 1.44. The van der Waals surface area contributed by atoms with E-state index < -0.39 is 5.25 Å². The molecule has 0 spiro atoms. The van der Waals surface area contributed by atoms with E-state index in [0.29, 0.717) is 33.5 Å². The van der Waals surface area contributed by atoms with E-state index in [0.717, 1.165) is 34.6 Å². The van der Waals surface area contributed by atoms with Gasteiger partial charge in [-0.05, 0) is 81.0 Å². The quantitative estimate of drug-likeness (QED) is 0.235. The van der Waals surface area contributed by atoms with Crippen molar-refractivity contribution in [2.75, 3.05) is 24.4 Å². The molecule has 2 unspecified atom stereocenters. The van der Waals surface area contributed by atoms with Crippen molar-refractivity contribution in [3.8, 4) is 5.75 Å². The van der Waals surface area contributed by atoms with Gasteiger partial charge >= 0.3 is 5.97 Å². The number of carbonyl (C=O) groups excluding carboxylic acids is 3. The molecule has 200 valence electrons. The number of rotatable bonds is 9. The lowest BCUT2D eigenvalue weighted by Crippen LogP contribution is -2.23. The van der Waals surface area contributed by atoms with Gasteiger partial charge in [0.25, 0.3) is 5.91 Å². The molecule has 9 heteroatoms. The van der Waals surface area contributed by atoms with Crippen LogP contribution in [-0.4, -0.2) is 36.8 Å². The Bertz CT molecular complexity index is 1340. The molecule has 1 aromatic heterocycles. The number of anilines is 2. The highest BCUT2D eigenvalue weighted by Gasteiger charge is 2.30. The topological polar surface area (TPSA) is 93.7 Å². The fraction of sp³-hybridized carbons (Fsp3) is 0.345. The number of amides is 2. The van der Waals surface area contributed by atoms with Crippen LogP contribution < -0.4 is 15.4 Å². The molecule has 0 radical (unpaired) electrons. The van der Waals surface area contributed by atoms with E-state index in [1.807, 2.05) is 25.1 Å². The lowest BCUT2D eigenvalue weighted by atomic mass is 9.88. The standard InChI is InChI=1S/C29H32N2O5S2/c1-5-36-29(34)25-23-13-12-17(2)14-24(23)38-28(25)31-26(32)18(3)37-22-11-7-9-20(16-22)30-27(33)19-8-6-10-21(15-19)35-4/h6-11,15-18H,5,12-14H2,1-4H3,(H,30,33)(H,31,32). The van der Waals surface area contributed by atoms with Crippen molar-refractivity contribution in [3.05, 3.63) is 70.1 Å². The number of carbonyl (C=O) groups is 3. The first kappa shape index (κ1) is 27.7. The number of benzene rings is 2. The van der Waals surface area contributed by atoms with Crippen molar-refractivity contribution in [1.29, 1.82) is 0 Å². The zero-order valence-electron chi connectivity index (χ0n) is 22.0. The number of nitrogens with one attached hydrogen (secondary N) is 2. The van der Waals surface area contributed by atoms with Crippen LogP contribution >= 0.6 is 23.1 Å². The maximum atomic E-state index is 13.2. The van der Waals surface area contributed by atoms with Crippen LogP contribution in [0.15, 0.2) is 53.4 Å². The van der Waals surface area contributed by atoms with Crippen molar-refractivity contribution in [2.45, 2.75) is 50.2 Å². The fourth-order valence-corrected chi connectivity index (χ4v) is 6.67. The molecule has 2 aromatic carbocycles. The molecule has 0 fully saturated rings. The highest BCUT2D eigenvalue weighted by molar-refractivity contribution is 8.00. The summed E-state index contributed by atoms with van der Waals surface area (Å²) in [4.78, 5) is 40.6. The average Bonchev–Trinajstić information content (AvgIpc) is 3.25. The lowest BCUT2D eigenvalue weighted by molar-refractivity contribution is -0.115. The third kappa shape index (κ3) is 6.57. The van der Waals surface area contributed by atoms with E-state index in [-0.39, 0.29) is 24.4 Å². The number of methoxy groups -OCH3 is 1. The smallest absolute Gasteiger partial charge is 0.341 e. The second-order valence-electron chi connectivity index (χ2n) is 9.24. The van der Waals surface area contributed by atoms with Gasteiger partial charge in [-0.3, -0.25) is 9.59 Å². The first-order chi connectivity index (χ1) is 18.3. The molecule has 4 rings (SSSR count). The minimum Gasteiger partial charge on any atom is -0.497 e. The van der Waals surface area contributed by atoms with Crippen LogP contribution in [0.2, 0.25) is 0 Å². The zero-order valence-corrected chi connectivity index (χ0v) is 23.6. The van der Waals surface area contributed by atoms with Gasteiger partial charge < -0.3 is 20.1 Å². The summed E-state index contributed by atoms with van der Waals surface area (Å²) in [6.07, 6.45) is 2.73. The van der Waals surface area contributed by atoms with Crippen molar-refractivity contribution in [1.82, 2.24) is 0 Å². The van der Waals surface area contributed by atoms with Gasteiger partial charge in [-0.15, -0.1) is 23.1 Å². The molecule has 3 aromatic rings. The highest BCUT2D eigenvalue weighted by Crippen LogP contribution is 2.40. The molecule has 2 atom stereocenters. The van der Waals surface area contributed by atoms with E-state index >= 15 is 0 Å². The number of fused-ring (bicyclic) bond motifs is 1. The van der Waals surface area contributed by atoms with Gasteiger partial charge in [-0.25, -0.2) is 4.79 Å².